The van der Waals surface area contributed by atoms with Gasteiger partial charge in [0, 0.05) is 6.54 Å². The van der Waals surface area contributed by atoms with Crippen LogP contribution in [0.3, 0.4) is 0 Å². The van der Waals surface area contributed by atoms with Crippen molar-refractivity contribution in [2.45, 2.75) is 30.9 Å². The molecular formula is C19H16F6N2O6S2. The van der Waals surface area contributed by atoms with E-state index < -0.39 is 45.7 Å². The summed E-state index contributed by atoms with van der Waals surface area (Å²) >= 11 is 0.565. The monoisotopic (exact) mass is 546 g/mol. The zero-order valence-electron chi connectivity index (χ0n) is 17.5. The molecule has 3 rings (SSSR count). The number of aromatic nitrogens is 1. The predicted molar refractivity (Wildman–Crippen MR) is 111 cm³/mol. The quantitative estimate of drug-likeness (QED) is 0.380. The molecule has 0 aliphatic carbocycles. The number of hydrogen-bond donors (Lipinski definition) is 2. The van der Waals surface area contributed by atoms with Crippen LogP contribution in [0.5, 0.6) is 5.75 Å². The van der Waals surface area contributed by atoms with Gasteiger partial charge in [0.05, 0.1) is 21.7 Å². The molecule has 35 heavy (non-hydrogen) atoms. The lowest BCUT2D eigenvalue weighted by molar-refractivity contribution is -0.274. The van der Waals surface area contributed by atoms with Gasteiger partial charge < -0.3 is 14.4 Å². The van der Waals surface area contributed by atoms with E-state index >= 15 is 0 Å². The number of aliphatic hydroxyl groups is 1. The summed E-state index contributed by atoms with van der Waals surface area (Å²) in [6.45, 7) is 1.18. The average Bonchev–Trinajstić information content (AvgIpc) is 3.03. The highest BCUT2D eigenvalue weighted by Crippen LogP contribution is 2.28. The predicted octanol–water partition coefficient (Wildman–Crippen LogP) is 3.83. The van der Waals surface area contributed by atoms with Crippen molar-refractivity contribution in [3.05, 3.63) is 52.8 Å². The van der Waals surface area contributed by atoms with Gasteiger partial charge in [-0.3, -0.25) is 9.35 Å². The van der Waals surface area contributed by atoms with E-state index in [0.29, 0.717) is 11.3 Å². The lowest BCUT2D eigenvalue weighted by Gasteiger charge is -2.08. The van der Waals surface area contributed by atoms with Crippen LogP contribution < -0.4 is 9.54 Å². The number of halogens is 6. The number of aryl methyl sites for hydroxylation is 1. The van der Waals surface area contributed by atoms with E-state index in [0.717, 1.165) is 22.3 Å². The Morgan fingerprint density at radius 3 is 2.17 bits per heavy atom. The fourth-order valence-electron chi connectivity index (χ4n) is 2.51. The van der Waals surface area contributed by atoms with E-state index in [1.54, 1.807) is 12.1 Å². The van der Waals surface area contributed by atoms with Crippen LogP contribution in [-0.4, -0.2) is 47.7 Å². The number of ether oxygens (including phenoxy) is 1. The Labute approximate surface area is 197 Å². The number of benzene rings is 2. The molecule has 192 valence electrons. The highest BCUT2D eigenvalue weighted by molar-refractivity contribution is 7.85. The molecular weight excluding hydrogens is 530 g/mol. The molecule has 2 N–H and O–H groups in total. The lowest BCUT2D eigenvalue weighted by Crippen LogP contribution is -2.26. The number of thiazole rings is 1. The summed E-state index contributed by atoms with van der Waals surface area (Å²) in [6, 6.07) is 9.07. The molecule has 0 aliphatic heterocycles. The molecule has 0 bridgehead atoms. The third-order valence-corrected chi connectivity index (χ3v) is 5.88. The summed E-state index contributed by atoms with van der Waals surface area (Å²) in [7, 11) is -4.02. The average molecular weight is 546 g/mol. The van der Waals surface area contributed by atoms with E-state index in [-0.39, 0.29) is 21.7 Å². The Kier molecular flexibility index (Phi) is 8.70. The minimum absolute atomic E-state index is 0.0666. The van der Waals surface area contributed by atoms with Crippen LogP contribution >= 0.6 is 11.3 Å². The van der Waals surface area contributed by atoms with Crippen LogP contribution in [0.25, 0.3) is 10.2 Å². The summed E-state index contributed by atoms with van der Waals surface area (Å²) < 4.78 is 108. The van der Waals surface area contributed by atoms with Crippen molar-refractivity contribution in [2.24, 2.45) is 4.99 Å². The minimum Gasteiger partial charge on any atom is -0.406 e. The van der Waals surface area contributed by atoms with E-state index in [4.69, 9.17) is 9.66 Å². The maximum Gasteiger partial charge on any atom is 0.573 e. The second-order valence-electron chi connectivity index (χ2n) is 6.64. The Bertz CT molecular complexity index is 1360. The summed E-state index contributed by atoms with van der Waals surface area (Å²) in [4.78, 5) is 13.5. The first-order valence-electron chi connectivity index (χ1n) is 9.21. The van der Waals surface area contributed by atoms with Gasteiger partial charge >= 0.3 is 18.4 Å². The molecule has 1 heterocycles. The second kappa shape index (κ2) is 10.8. The molecule has 1 amide bonds. The number of fused-ring (bicyclic) bond motifs is 1. The van der Waals surface area contributed by atoms with Gasteiger partial charge in [0.2, 0.25) is 0 Å². The largest absolute Gasteiger partial charge is 0.573 e. The van der Waals surface area contributed by atoms with Crippen molar-refractivity contribution >= 4 is 37.6 Å². The van der Waals surface area contributed by atoms with E-state index in [1.165, 1.54) is 18.2 Å². The van der Waals surface area contributed by atoms with Gasteiger partial charge in [-0.2, -0.15) is 26.6 Å². The summed E-state index contributed by atoms with van der Waals surface area (Å²) in [5.74, 6) is -2.92. The molecule has 2 aromatic carbocycles. The molecule has 0 fully saturated rings. The van der Waals surface area contributed by atoms with Crippen LogP contribution in [0.4, 0.5) is 26.3 Å². The lowest BCUT2D eigenvalue weighted by atomic mass is 10.2. The summed E-state index contributed by atoms with van der Waals surface area (Å²) in [6.07, 6.45) is -10.1. The van der Waals surface area contributed by atoms with E-state index in [9.17, 15) is 39.6 Å². The molecule has 1 aromatic heterocycles. The number of alkyl halides is 6. The topological polar surface area (TPSA) is 118 Å². The molecule has 0 aliphatic rings. The molecule has 3 aromatic rings. The number of amides is 1. The van der Waals surface area contributed by atoms with E-state index in [1.807, 2.05) is 6.92 Å². The fraction of sp³-hybridized carbons (Fsp3) is 0.263. The number of carbonyl (C=O) groups excluding carboxylic acids is 1. The number of aliphatic hydroxyl groups excluding tert-OH is 1. The first kappa shape index (κ1) is 28.3. The molecule has 0 saturated carbocycles. The highest BCUT2D eigenvalue weighted by Gasteiger charge is 2.38. The smallest absolute Gasteiger partial charge is 0.406 e. The van der Waals surface area contributed by atoms with Crippen LogP contribution in [0.2, 0.25) is 0 Å². The Morgan fingerprint density at radius 2 is 1.69 bits per heavy atom. The number of rotatable bonds is 4. The molecule has 0 atom stereocenters. The van der Waals surface area contributed by atoms with Gasteiger partial charge in [-0.25, -0.2) is 0 Å². The molecule has 0 spiro atoms. The van der Waals surface area contributed by atoms with Gasteiger partial charge in [-0.15, -0.1) is 13.2 Å². The van der Waals surface area contributed by atoms with Crippen LogP contribution in [-0.2, 0) is 21.5 Å². The van der Waals surface area contributed by atoms with Gasteiger partial charge in [0.1, 0.15) is 5.75 Å². The van der Waals surface area contributed by atoms with Gasteiger partial charge in [-0.1, -0.05) is 29.0 Å². The molecule has 0 unspecified atom stereocenters. The zero-order chi connectivity index (χ0) is 26.6. The third kappa shape index (κ3) is 8.34. The maximum absolute atomic E-state index is 12.3. The van der Waals surface area contributed by atoms with Crippen molar-refractivity contribution in [3.8, 4) is 5.75 Å². The molecule has 8 nitrogen and oxygen atoms in total. The SMILES string of the molecule is Cc1ccc(S(=O)(=O)O)cc1.O=C(/N=c1/sc2cc(OC(F)(F)F)ccc2n1CCO)C(F)(F)F. The van der Waals surface area contributed by atoms with E-state index in [2.05, 4.69) is 9.73 Å². The van der Waals surface area contributed by atoms with Crippen molar-refractivity contribution < 1.29 is 54.0 Å². The van der Waals surface area contributed by atoms with Gasteiger partial charge in [0.15, 0.2) is 4.80 Å². The van der Waals surface area contributed by atoms with Gasteiger partial charge in [0.25, 0.3) is 10.1 Å². The Hall–Kier alpha value is -2.95. The minimum atomic E-state index is -5.18. The molecule has 16 heteroatoms. The van der Waals surface area contributed by atoms with Crippen LogP contribution in [0, 0.1) is 6.92 Å². The normalized spacial score (nSPS) is 12.9. The number of carbonyl (C=O) groups is 1. The Morgan fingerprint density at radius 1 is 1.09 bits per heavy atom. The summed E-state index contributed by atoms with van der Waals surface area (Å²) in [5.41, 5.74) is 1.16. The molecule has 0 radical (unpaired) electrons. The Balaban J connectivity index is 0.000000328. The first-order valence-corrected chi connectivity index (χ1v) is 11.5. The summed E-state index contributed by atoms with van der Waals surface area (Å²) in [5, 5.41) is 8.98. The van der Waals surface area contributed by atoms with Crippen molar-refractivity contribution in [3.63, 3.8) is 0 Å². The molecule has 0 saturated heterocycles. The first-order chi connectivity index (χ1) is 16.0. The van der Waals surface area contributed by atoms with Gasteiger partial charge in [-0.05, 0) is 37.3 Å². The van der Waals surface area contributed by atoms with Crippen LogP contribution in [0.15, 0.2) is 52.4 Å². The maximum atomic E-state index is 12.3. The number of hydrogen-bond acceptors (Lipinski definition) is 6. The third-order valence-electron chi connectivity index (χ3n) is 3.97. The van der Waals surface area contributed by atoms with Crippen LogP contribution in [0.1, 0.15) is 5.56 Å². The van der Waals surface area contributed by atoms with Crippen molar-refractivity contribution in [1.82, 2.24) is 4.57 Å². The fourth-order valence-corrected chi connectivity index (χ4v) is 4.08. The highest BCUT2D eigenvalue weighted by atomic mass is 32.2. The second-order valence-corrected chi connectivity index (χ2v) is 9.07. The zero-order valence-corrected chi connectivity index (χ0v) is 19.1. The number of nitrogens with zero attached hydrogens (tertiary/aromatic N) is 2. The standard InChI is InChI=1S/C12H8F6N2O3S.C7H8O3S/c13-11(14,15)9(22)19-10-20(3-4-21)7-2-1-6(5-8(7)24-10)23-12(16,17)18;1-6-2-4-7(5-3-6)11(8,9)10/h1-2,5,21H,3-4H2;2-5H,1H3,(H,8,9,10)/b19-10+;. The van der Waals surface area contributed by atoms with Crippen molar-refractivity contribution in [2.75, 3.05) is 6.61 Å². The van der Waals surface area contributed by atoms with Crippen molar-refractivity contribution in [1.29, 1.82) is 0 Å².